The smallest absolute Gasteiger partial charge is 0.335 e. The quantitative estimate of drug-likeness (QED) is 0.0175. The number of carbonyl (C=O) groups is 4. The van der Waals surface area contributed by atoms with Crippen LogP contribution in [0.4, 0.5) is 0 Å². The molecule has 0 bridgehead atoms. The molecular weight excluding hydrogens is 2100 g/mol. The molecule has 0 aromatic heterocycles. The highest BCUT2D eigenvalue weighted by molar-refractivity contribution is 7.90. The zero-order valence-corrected chi connectivity index (χ0v) is 80.5. The molecule has 0 aromatic carbocycles. The predicted molar refractivity (Wildman–Crippen MR) is 446 cm³/mol. The third kappa shape index (κ3) is 33.5. The van der Waals surface area contributed by atoms with Crippen molar-refractivity contribution in [2.24, 2.45) is 11.8 Å². The first-order valence-electron chi connectivity index (χ1n) is 43.9. The van der Waals surface area contributed by atoms with Crippen LogP contribution in [-0.2, 0) is 147 Å². The van der Waals surface area contributed by atoms with Crippen LogP contribution in [0.25, 0.3) is 0 Å². The molecule has 70 nitrogen and oxygen atoms in total. The SMILES string of the molecule is CC1C(O)OC(C)[C@@H](OSOOO)[C@@H]1O.CC1OC(O)C(C)[C@@H](O)[C@@H]1O.CC1OC(O)C(O)[C@@H](O[C@@H]2OC(C)[C@@H](OSOOO)[C@H](O)C2O)[C@@H]1O.CC1OC(O)C(O[C@H]2OC(C(=O)O)[C@@H](O)[C@@H](O)C2O)[C@@H](O[C@@H]2OC(C)[C@@H](S(=O)OOO)[C@H](O)C2O)[C@@H]1O.CC1O[C@@H](O[C@@H]2C(O)C(O)OC(C)[C@H]2O)C(O[C@H]2OC(C(=O)O)[C@@H](O)[C@@H](O)C2O)[C@@H](O)[C@@H]1O.O=C(O)C1O[C@H](O)C(O)[C@H](O)[C@@H]1O.O=C(O)C1O[C@H](O)C(O)[C@H](O)[C@@H]1O. The van der Waals surface area contributed by atoms with E-state index in [1.807, 2.05) is 0 Å². The maximum Gasteiger partial charge on any atom is 0.335 e. The normalized spacial score (nSPS) is 49.2. The molecule has 12 rings (SSSR count). The molecule has 147 heavy (non-hydrogen) atoms. The molecular formula is C74H130O70S3. The van der Waals surface area contributed by atoms with E-state index in [1.54, 1.807) is 27.7 Å². The molecule has 0 spiro atoms. The molecule has 0 aromatic rings. The fourth-order valence-corrected chi connectivity index (χ4v) is 17.2. The summed E-state index contributed by atoms with van der Waals surface area (Å²) in [4.78, 5) is 43.4. The Balaban J connectivity index is 0.000000274. The van der Waals surface area contributed by atoms with Crippen molar-refractivity contribution in [3.63, 3.8) is 0 Å². The Hall–Kier alpha value is -3.71. The van der Waals surface area contributed by atoms with Crippen LogP contribution in [0.1, 0.15) is 69.2 Å². The maximum atomic E-state index is 12.0. The molecule has 30 unspecified atom stereocenters. The van der Waals surface area contributed by atoms with Crippen molar-refractivity contribution in [2.45, 2.75) is 425 Å². The van der Waals surface area contributed by atoms with Crippen molar-refractivity contribution in [1.82, 2.24) is 0 Å². The first-order chi connectivity index (χ1) is 68.4. The summed E-state index contributed by atoms with van der Waals surface area (Å²) in [5.74, 6) is -7.29. The number of aliphatic hydroxyl groups excluding tert-OH is 33. The van der Waals surface area contributed by atoms with Crippen molar-refractivity contribution < 1.29 is 345 Å². The van der Waals surface area contributed by atoms with Crippen LogP contribution < -0.4 is 0 Å². The van der Waals surface area contributed by atoms with Gasteiger partial charge in [-0.05, 0) is 55.4 Å². The second kappa shape index (κ2) is 59.6. The largest absolute Gasteiger partial charge is 0.479 e. The molecule has 40 N–H and O–H groups in total. The number of aliphatic hydroxyl groups is 33. The van der Waals surface area contributed by atoms with E-state index in [-0.39, 0.29) is 12.3 Å². The maximum absolute atomic E-state index is 12.0. The standard InChI is InChI=1S/C18H30O18S.C18H30O15.C12H22O12S.C7H14O7S.C7H14O4.2C6H10O7/c1-3-5(19)11(32-17-10(24)8(22)14(4(2)31-17)37(29)36-35-28)13(16(27)30-3)34-18-9(23)6(20)7(21)12(33-18)15(25)26;1-3-5(19)8(22)14(33-17-10(24)7(21)9(23)13(32-17)15(26)27)18(30-3)31-12-6(20)4(2)29-16(28)11(12)25;1-3-5(13)10(8(16)11(17)19-3)21-12-7(15)6(14)9(4(2)20-12)22-25-24-23-18;1-3-5(8)6(12-15-14-13-10)4(2)11-7(3)9;1-3-5(8)6(9)4(2)11-7(3)10;2*7-1-2(8)4(5(10)11)13-6(12)3(1)9/h3-14,16-24,27-28H,1-2H3,(H,25,26);3-14,16-25,28H,1-2H3,(H,26,27);3-18H,1-2H3;3-10H,1-2H3;3-10H,1-2H3;2*1-4,6-9,12H,(H,10,11)/t3?,4?,5-,6-,7+,8-,9?,10?,11+,12?,13?,14-,16?,17+,18-,37?;3?,4?,5-,6-,7-,8+,9+,10?,11?,12+,13?,14?,16?,17-,18+;3?,4?,5-,6-,7?,8?,9-,10+,11?,12+;2*3?,4?,5-,6-,7?;2*1-,2+,3?,4?,6+/m1111111/s1. The third-order valence-electron chi connectivity index (χ3n) is 24.5. The number of carboxylic acid groups (broad SMARTS) is 4. The van der Waals surface area contributed by atoms with Crippen LogP contribution in [0, 0.1) is 11.8 Å². The van der Waals surface area contributed by atoms with Gasteiger partial charge >= 0.3 is 23.9 Å². The lowest BCUT2D eigenvalue weighted by Crippen LogP contribution is -2.66. The first kappa shape index (κ1) is 132. The fourth-order valence-electron chi connectivity index (χ4n) is 15.5. The molecule has 0 saturated carbocycles. The van der Waals surface area contributed by atoms with Crippen LogP contribution in [0.15, 0.2) is 0 Å². The van der Waals surface area contributed by atoms with E-state index in [0.717, 1.165) is 0 Å². The highest BCUT2D eigenvalue weighted by Gasteiger charge is 2.60. The van der Waals surface area contributed by atoms with Gasteiger partial charge in [0.1, 0.15) is 194 Å². The molecule has 12 fully saturated rings. The average molecular weight is 2240 g/mol. The van der Waals surface area contributed by atoms with Crippen LogP contribution >= 0.6 is 24.6 Å². The summed E-state index contributed by atoms with van der Waals surface area (Å²) < 4.78 is 122. The minimum absolute atomic E-state index is 0.214. The van der Waals surface area contributed by atoms with Crippen LogP contribution in [0.5, 0.6) is 0 Å². The van der Waals surface area contributed by atoms with Crippen molar-refractivity contribution in [3.8, 4) is 0 Å². The number of carboxylic acids is 4. The molecule has 864 valence electrons. The molecule has 12 saturated heterocycles. The summed E-state index contributed by atoms with van der Waals surface area (Å²) in [5.41, 5.74) is 0. The molecule has 12 heterocycles. The van der Waals surface area contributed by atoms with Gasteiger partial charge in [0.25, 0.3) is 0 Å². The number of hydrogen-bond donors (Lipinski definition) is 40. The minimum atomic E-state index is -2.49. The Morgan fingerprint density at radius 2 is 0.490 bits per heavy atom. The number of rotatable bonds is 25. The van der Waals surface area contributed by atoms with E-state index in [1.165, 1.54) is 41.5 Å². The van der Waals surface area contributed by atoms with E-state index >= 15 is 0 Å². The highest BCUT2D eigenvalue weighted by atomic mass is 32.2. The third-order valence-corrected chi connectivity index (χ3v) is 26.6. The molecule has 61 atom stereocenters. The first-order valence-corrected chi connectivity index (χ1v) is 46.4. The van der Waals surface area contributed by atoms with Gasteiger partial charge in [0, 0.05) is 11.8 Å². The number of hydrogen-bond acceptors (Lipinski definition) is 68. The molecule has 0 aliphatic carbocycles. The lowest BCUT2D eigenvalue weighted by atomic mass is 9.93. The van der Waals surface area contributed by atoms with E-state index < -0.39 is 402 Å². The molecule has 12 aliphatic heterocycles. The second-order valence-corrected chi connectivity index (χ2v) is 36.9. The Bertz CT molecular complexity index is 3800. The molecule has 0 amide bonds. The van der Waals surface area contributed by atoms with E-state index in [4.69, 9.17) is 151 Å². The summed E-state index contributed by atoms with van der Waals surface area (Å²) in [7, 11) is 0. The van der Waals surface area contributed by atoms with Crippen LogP contribution in [-0.4, -0.2) is 588 Å². The molecule has 12 aliphatic rings. The zero-order valence-electron chi connectivity index (χ0n) is 78.0. The summed E-state index contributed by atoms with van der Waals surface area (Å²) >= 11 is -1.90. The van der Waals surface area contributed by atoms with Gasteiger partial charge in [0.05, 0.1) is 61.0 Å². The van der Waals surface area contributed by atoms with Gasteiger partial charge in [-0.3, -0.25) is 8.37 Å². The van der Waals surface area contributed by atoms with Crippen molar-refractivity contribution in [3.05, 3.63) is 0 Å². The van der Waals surface area contributed by atoms with Gasteiger partial charge in [0.15, 0.2) is 136 Å². The Morgan fingerprint density at radius 1 is 0.218 bits per heavy atom. The zero-order chi connectivity index (χ0) is 112. The monoisotopic (exact) mass is 2230 g/mol. The lowest BCUT2D eigenvalue weighted by molar-refractivity contribution is -0.435. The number of aliphatic carboxylic acids is 4. The van der Waals surface area contributed by atoms with Crippen LogP contribution in [0.2, 0.25) is 0 Å². The second-order valence-electron chi connectivity index (χ2n) is 34.8. The van der Waals surface area contributed by atoms with Crippen molar-refractivity contribution in [2.75, 3.05) is 0 Å². The summed E-state index contributed by atoms with van der Waals surface area (Å²) in [6, 6.07) is 0. The van der Waals surface area contributed by atoms with E-state index in [0.29, 0.717) is 12.3 Å². The van der Waals surface area contributed by atoms with Crippen LogP contribution in [0.3, 0.4) is 0 Å². The topological polar surface area (TPSA) is 1130 Å². The Labute approximate surface area is 838 Å². The van der Waals surface area contributed by atoms with Gasteiger partial charge in [-0.2, -0.15) is 0 Å². The highest BCUT2D eigenvalue weighted by Crippen LogP contribution is 2.40. The van der Waals surface area contributed by atoms with E-state index in [9.17, 15) is 156 Å². The van der Waals surface area contributed by atoms with Gasteiger partial charge < -0.3 is 269 Å². The van der Waals surface area contributed by atoms with Crippen molar-refractivity contribution in [1.29, 1.82) is 0 Å². The molecule has 73 heteroatoms. The summed E-state index contributed by atoms with van der Waals surface area (Å²) in [6.45, 7) is 14.9. The average Bonchev–Trinajstić information content (AvgIpc) is 0.757. The minimum Gasteiger partial charge on any atom is -0.479 e. The Kier molecular flexibility index (Phi) is 53.5. The Morgan fingerprint density at radius 3 is 0.898 bits per heavy atom. The van der Waals surface area contributed by atoms with Gasteiger partial charge in [0.2, 0.25) is 0 Å². The molecule has 0 radical (unpaired) electrons. The number of ether oxygens (including phenoxy) is 17. The van der Waals surface area contributed by atoms with Gasteiger partial charge in [-0.15, -0.1) is 13.0 Å². The lowest BCUT2D eigenvalue weighted by Gasteiger charge is -2.47. The summed E-state index contributed by atoms with van der Waals surface area (Å²) in [6.07, 6.45) is -86.6. The van der Waals surface area contributed by atoms with Gasteiger partial charge in [-0.1, -0.05) is 29.0 Å². The summed E-state index contributed by atoms with van der Waals surface area (Å²) in [5, 5.41) is 390. The fraction of sp³-hybridized carbons (Fsp3) is 0.946. The van der Waals surface area contributed by atoms with E-state index in [2.05, 4.69) is 37.6 Å². The van der Waals surface area contributed by atoms with Gasteiger partial charge in [-0.25, -0.2) is 39.2 Å². The van der Waals surface area contributed by atoms with Crippen molar-refractivity contribution >= 4 is 59.6 Å². The predicted octanol–water partition coefficient (Wildman–Crippen LogP) is -20.2.